The normalized spacial score (nSPS) is 15.9. The van der Waals surface area contributed by atoms with Crippen molar-refractivity contribution in [3.8, 4) is 0 Å². The first-order valence-electron chi connectivity index (χ1n) is 10.1. The second-order valence-electron chi connectivity index (χ2n) is 7.71. The maximum atomic E-state index is 12.7. The first kappa shape index (κ1) is 22.0. The third-order valence-corrected chi connectivity index (χ3v) is 6.35. The van der Waals surface area contributed by atoms with Crippen LogP contribution in [-0.4, -0.2) is 20.2 Å². The summed E-state index contributed by atoms with van der Waals surface area (Å²) in [6.07, 6.45) is 5.16. The van der Waals surface area contributed by atoms with E-state index in [0.29, 0.717) is 11.3 Å². The van der Waals surface area contributed by atoms with Gasteiger partial charge in [0.15, 0.2) is 0 Å². The lowest BCUT2D eigenvalue weighted by atomic mass is 9.88. The van der Waals surface area contributed by atoms with E-state index in [1.165, 1.54) is 18.6 Å². The minimum absolute atomic E-state index is 0.00979. The number of hydrogen-bond donors (Lipinski definition) is 3. The molecule has 1 fully saturated rings. The quantitative estimate of drug-likeness (QED) is 0.652. The zero-order valence-corrected chi connectivity index (χ0v) is 17.7. The lowest BCUT2D eigenvalue weighted by molar-refractivity contribution is -0.120. The molecule has 0 aliphatic heterocycles. The summed E-state index contributed by atoms with van der Waals surface area (Å²) in [6.45, 7) is 1.80. The van der Waals surface area contributed by atoms with Crippen LogP contribution in [0.3, 0.4) is 0 Å². The molecule has 7 nitrogen and oxygen atoms in total. The van der Waals surface area contributed by atoms with Crippen molar-refractivity contribution in [2.24, 2.45) is 11.1 Å². The summed E-state index contributed by atoms with van der Waals surface area (Å²) in [7, 11) is -3.76. The summed E-state index contributed by atoms with van der Waals surface area (Å²) < 4.78 is 22.7. The molecule has 0 unspecified atom stereocenters. The summed E-state index contributed by atoms with van der Waals surface area (Å²) >= 11 is 0. The van der Waals surface area contributed by atoms with Gasteiger partial charge < -0.3 is 10.6 Å². The molecule has 2 aromatic rings. The van der Waals surface area contributed by atoms with E-state index in [1.54, 1.807) is 43.3 Å². The van der Waals surface area contributed by atoms with E-state index in [1.807, 2.05) is 0 Å². The van der Waals surface area contributed by atoms with Gasteiger partial charge in [-0.25, -0.2) is 13.6 Å². The number of benzene rings is 2. The van der Waals surface area contributed by atoms with E-state index in [-0.39, 0.29) is 28.7 Å². The van der Waals surface area contributed by atoms with Crippen molar-refractivity contribution in [2.45, 2.75) is 50.0 Å². The van der Waals surface area contributed by atoms with Gasteiger partial charge in [0.1, 0.15) is 0 Å². The SMILES string of the molecule is C[C@@H](NC(=O)c1cccc(NC(=O)C2CCCCC2)c1)c1ccc(S(N)(=O)=O)cc1. The van der Waals surface area contributed by atoms with Gasteiger partial charge in [-0.3, -0.25) is 9.59 Å². The molecule has 1 aliphatic carbocycles. The Morgan fingerprint density at radius 2 is 1.70 bits per heavy atom. The largest absolute Gasteiger partial charge is 0.346 e. The molecule has 0 saturated heterocycles. The number of rotatable bonds is 6. The number of hydrogen-bond acceptors (Lipinski definition) is 4. The molecular weight excluding hydrogens is 402 g/mol. The molecule has 30 heavy (non-hydrogen) atoms. The number of carbonyl (C=O) groups is 2. The number of nitrogens with two attached hydrogens (primary N) is 1. The van der Waals surface area contributed by atoms with Crippen molar-refractivity contribution in [3.05, 3.63) is 59.7 Å². The highest BCUT2D eigenvalue weighted by Gasteiger charge is 2.21. The third-order valence-electron chi connectivity index (χ3n) is 5.42. The number of amides is 2. The van der Waals surface area contributed by atoms with Gasteiger partial charge in [0.2, 0.25) is 15.9 Å². The highest BCUT2D eigenvalue weighted by atomic mass is 32.2. The van der Waals surface area contributed by atoms with Crippen LogP contribution < -0.4 is 15.8 Å². The van der Waals surface area contributed by atoms with Crippen LogP contribution >= 0.6 is 0 Å². The summed E-state index contributed by atoms with van der Waals surface area (Å²) in [6, 6.07) is 12.6. The topological polar surface area (TPSA) is 118 Å². The van der Waals surface area contributed by atoms with Crippen LogP contribution in [0.25, 0.3) is 0 Å². The Morgan fingerprint density at radius 1 is 1.03 bits per heavy atom. The molecule has 2 aromatic carbocycles. The van der Waals surface area contributed by atoms with Crippen molar-refractivity contribution < 1.29 is 18.0 Å². The summed E-state index contributed by atoms with van der Waals surface area (Å²) in [5.74, 6) is -0.237. The summed E-state index contributed by atoms with van der Waals surface area (Å²) in [5, 5.41) is 10.9. The zero-order chi connectivity index (χ0) is 21.7. The average Bonchev–Trinajstić information content (AvgIpc) is 2.74. The molecule has 160 valence electrons. The minimum Gasteiger partial charge on any atom is -0.346 e. The van der Waals surface area contributed by atoms with Gasteiger partial charge in [-0.05, 0) is 55.7 Å². The zero-order valence-electron chi connectivity index (χ0n) is 16.9. The minimum atomic E-state index is -3.76. The molecule has 0 bridgehead atoms. The van der Waals surface area contributed by atoms with Gasteiger partial charge in [-0.2, -0.15) is 0 Å². The third kappa shape index (κ3) is 5.67. The predicted octanol–water partition coefficient (Wildman–Crippen LogP) is 3.34. The molecule has 2 amide bonds. The number of primary sulfonamides is 1. The highest BCUT2D eigenvalue weighted by molar-refractivity contribution is 7.89. The summed E-state index contributed by atoms with van der Waals surface area (Å²) in [5.41, 5.74) is 1.78. The lowest BCUT2D eigenvalue weighted by Gasteiger charge is -2.21. The Hall–Kier alpha value is -2.71. The second kappa shape index (κ2) is 9.40. The summed E-state index contributed by atoms with van der Waals surface area (Å²) in [4.78, 5) is 25.1. The monoisotopic (exact) mass is 429 g/mol. The van der Waals surface area contributed by atoms with Crippen molar-refractivity contribution in [1.82, 2.24) is 5.32 Å². The standard InChI is InChI=1S/C22H27N3O4S/c1-15(16-10-12-20(13-11-16)30(23,28)29)24-22(27)18-8-5-9-19(14-18)25-21(26)17-6-3-2-4-7-17/h5,8-15,17H,2-4,6-7H2,1H3,(H,24,27)(H,25,26)(H2,23,28,29)/t15-/m1/s1. The molecule has 1 saturated carbocycles. The molecule has 1 aliphatic rings. The van der Waals surface area contributed by atoms with E-state index >= 15 is 0 Å². The Morgan fingerprint density at radius 3 is 2.33 bits per heavy atom. The fourth-order valence-corrected chi connectivity index (χ4v) is 4.17. The molecule has 8 heteroatoms. The Kier molecular flexibility index (Phi) is 6.89. The van der Waals surface area contributed by atoms with Gasteiger partial charge >= 0.3 is 0 Å². The van der Waals surface area contributed by atoms with Gasteiger partial charge in [0.25, 0.3) is 5.91 Å². The van der Waals surface area contributed by atoms with Crippen molar-refractivity contribution in [2.75, 3.05) is 5.32 Å². The molecule has 3 rings (SSSR count). The van der Waals surface area contributed by atoms with E-state index in [4.69, 9.17) is 5.14 Å². The van der Waals surface area contributed by atoms with Crippen LogP contribution in [0, 0.1) is 5.92 Å². The van der Waals surface area contributed by atoms with E-state index in [9.17, 15) is 18.0 Å². The second-order valence-corrected chi connectivity index (χ2v) is 9.28. The van der Waals surface area contributed by atoms with Crippen LogP contribution in [0.4, 0.5) is 5.69 Å². The van der Waals surface area contributed by atoms with Gasteiger partial charge in [0, 0.05) is 17.2 Å². The Balaban J connectivity index is 1.63. The van der Waals surface area contributed by atoms with Crippen LogP contribution in [0.5, 0.6) is 0 Å². The smallest absolute Gasteiger partial charge is 0.251 e. The Labute approximate surface area is 177 Å². The van der Waals surface area contributed by atoms with E-state index < -0.39 is 10.0 Å². The highest BCUT2D eigenvalue weighted by Crippen LogP contribution is 2.25. The number of sulfonamides is 1. The Bertz CT molecular complexity index is 1010. The van der Waals surface area contributed by atoms with E-state index in [2.05, 4.69) is 10.6 Å². The molecule has 0 aromatic heterocycles. The molecule has 0 spiro atoms. The average molecular weight is 430 g/mol. The maximum absolute atomic E-state index is 12.7. The van der Waals surface area contributed by atoms with Crippen LogP contribution in [0.15, 0.2) is 53.4 Å². The molecule has 0 heterocycles. The molecule has 1 atom stereocenters. The van der Waals surface area contributed by atoms with Crippen LogP contribution in [0.2, 0.25) is 0 Å². The van der Waals surface area contributed by atoms with Crippen molar-refractivity contribution >= 4 is 27.5 Å². The van der Waals surface area contributed by atoms with Crippen molar-refractivity contribution in [1.29, 1.82) is 0 Å². The molecular formula is C22H27N3O4S. The van der Waals surface area contributed by atoms with Gasteiger partial charge in [-0.1, -0.05) is 37.5 Å². The predicted molar refractivity (Wildman–Crippen MR) is 115 cm³/mol. The molecule has 0 radical (unpaired) electrons. The lowest BCUT2D eigenvalue weighted by Crippen LogP contribution is -2.27. The van der Waals surface area contributed by atoms with Crippen LogP contribution in [-0.2, 0) is 14.8 Å². The van der Waals surface area contributed by atoms with Gasteiger partial charge in [0.05, 0.1) is 10.9 Å². The van der Waals surface area contributed by atoms with Crippen LogP contribution in [0.1, 0.15) is 61.0 Å². The number of nitrogens with one attached hydrogen (secondary N) is 2. The number of carbonyl (C=O) groups excluding carboxylic acids is 2. The maximum Gasteiger partial charge on any atom is 0.251 e. The number of anilines is 1. The van der Waals surface area contributed by atoms with Gasteiger partial charge in [-0.15, -0.1) is 0 Å². The first-order valence-corrected chi connectivity index (χ1v) is 11.6. The molecule has 4 N–H and O–H groups in total. The fraction of sp³-hybridized carbons (Fsp3) is 0.364. The first-order chi connectivity index (χ1) is 14.2. The van der Waals surface area contributed by atoms with E-state index in [0.717, 1.165) is 31.2 Å². The van der Waals surface area contributed by atoms with Crippen molar-refractivity contribution in [3.63, 3.8) is 0 Å². The fourth-order valence-electron chi connectivity index (χ4n) is 3.66.